The van der Waals surface area contributed by atoms with E-state index in [0.717, 1.165) is 24.8 Å². The monoisotopic (exact) mass is 364 g/mol. The Balaban J connectivity index is 1.62. The second kappa shape index (κ2) is 7.36. The lowest BCUT2D eigenvalue weighted by Gasteiger charge is -2.10. The van der Waals surface area contributed by atoms with Crippen LogP contribution in [0.15, 0.2) is 24.3 Å². The molecule has 1 fully saturated rings. The van der Waals surface area contributed by atoms with Crippen LogP contribution in [0.2, 0.25) is 10.0 Å². The number of carbonyl (C=O) groups is 1. The van der Waals surface area contributed by atoms with Crippen molar-refractivity contribution in [2.24, 2.45) is 0 Å². The van der Waals surface area contributed by atoms with Gasteiger partial charge in [-0.3, -0.25) is 4.79 Å². The molecule has 1 heterocycles. The molecule has 0 spiro atoms. The fourth-order valence-corrected chi connectivity index (χ4v) is 2.81. The Bertz CT molecular complexity index is 762. The summed E-state index contributed by atoms with van der Waals surface area (Å²) in [5, 5.41) is 7.42. The van der Waals surface area contributed by atoms with E-state index in [4.69, 9.17) is 23.2 Å². The average molecular weight is 365 g/mol. The number of hydrogen-bond donors (Lipinski definition) is 2. The van der Waals surface area contributed by atoms with Crippen molar-refractivity contribution in [3.8, 4) is 0 Å². The lowest BCUT2D eigenvalue weighted by Crippen LogP contribution is -2.26. The van der Waals surface area contributed by atoms with Crippen LogP contribution in [-0.4, -0.2) is 28.5 Å². The van der Waals surface area contributed by atoms with Gasteiger partial charge >= 0.3 is 0 Å². The van der Waals surface area contributed by atoms with Gasteiger partial charge in [0, 0.05) is 28.7 Å². The third-order valence-corrected chi connectivity index (χ3v) is 4.29. The molecule has 0 aliphatic heterocycles. The molecule has 1 amide bonds. The van der Waals surface area contributed by atoms with Crippen molar-refractivity contribution in [3.05, 3.63) is 51.4 Å². The summed E-state index contributed by atoms with van der Waals surface area (Å²) >= 11 is 12.1. The summed E-state index contributed by atoms with van der Waals surface area (Å²) in [6, 6.07) is 7.43. The van der Waals surface area contributed by atoms with Crippen molar-refractivity contribution in [1.82, 2.24) is 15.3 Å². The highest BCUT2D eigenvalue weighted by molar-refractivity contribution is 6.35. The number of carbonyl (C=O) groups excluding carboxylic acids is 1. The van der Waals surface area contributed by atoms with Crippen LogP contribution in [0.3, 0.4) is 0 Å². The fourth-order valence-electron chi connectivity index (χ4n) is 2.31. The van der Waals surface area contributed by atoms with Gasteiger partial charge in [0.2, 0.25) is 0 Å². The van der Waals surface area contributed by atoms with Gasteiger partial charge in [-0.1, -0.05) is 29.3 Å². The van der Waals surface area contributed by atoms with Gasteiger partial charge in [-0.05, 0) is 43.9 Å². The molecule has 0 radical (unpaired) electrons. The molecular weight excluding hydrogens is 347 g/mol. The van der Waals surface area contributed by atoms with Crippen LogP contribution in [0.4, 0.5) is 5.82 Å². The summed E-state index contributed by atoms with van der Waals surface area (Å²) in [7, 11) is 0. The Morgan fingerprint density at radius 2 is 2.04 bits per heavy atom. The van der Waals surface area contributed by atoms with Gasteiger partial charge in [-0.25, -0.2) is 9.97 Å². The highest BCUT2D eigenvalue weighted by atomic mass is 35.5. The molecule has 24 heavy (non-hydrogen) atoms. The third-order valence-electron chi connectivity index (χ3n) is 3.70. The normalized spacial score (nSPS) is 13.6. The molecule has 7 heteroatoms. The Labute approximate surface area is 150 Å². The van der Waals surface area contributed by atoms with Crippen LogP contribution in [0.25, 0.3) is 0 Å². The molecule has 1 aliphatic carbocycles. The van der Waals surface area contributed by atoms with Crippen molar-refractivity contribution in [3.63, 3.8) is 0 Å². The lowest BCUT2D eigenvalue weighted by molar-refractivity contribution is 0.0945. The zero-order valence-electron chi connectivity index (χ0n) is 13.3. The number of nitrogens with one attached hydrogen (secondary N) is 2. The first kappa shape index (κ1) is 17.0. The summed E-state index contributed by atoms with van der Waals surface area (Å²) in [4.78, 5) is 20.6. The minimum absolute atomic E-state index is 0.146. The fraction of sp³-hybridized carbons (Fsp3) is 0.353. The van der Waals surface area contributed by atoms with Crippen LogP contribution in [0.1, 0.15) is 34.7 Å². The summed E-state index contributed by atoms with van der Waals surface area (Å²) < 4.78 is 0. The molecule has 1 saturated carbocycles. The number of amides is 1. The number of aryl methyl sites for hydroxylation is 1. The quantitative estimate of drug-likeness (QED) is 0.820. The standard InChI is InChI=1S/C17H18Cl2N4O/c1-10-21-15(17(24)23-13-4-5-13)9-16(22-10)20-7-6-11-2-3-12(18)8-14(11)19/h2-3,8-9,13H,4-7H2,1H3,(H,23,24)(H,20,21,22). The van der Waals surface area contributed by atoms with Gasteiger partial charge in [0.1, 0.15) is 17.3 Å². The van der Waals surface area contributed by atoms with E-state index >= 15 is 0 Å². The van der Waals surface area contributed by atoms with Gasteiger partial charge < -0.3 is 10.6 Å². The van der Waals surface area contributed by atoms with Crippen molar-refractivity contribution >= 4 is 34.9 Å². The minimum Gasteiger partial charge on any atom is -0.370 e. The van der Waals surface area contributed by atoms with Gasteiger partial charge in [0.25, 0.3) is 5.91 Å². The van der Waals surface area contributed by atoms with Crippen LogP contribution in [-0.2, 0) is 6.42 Å². The Morgan fingerprint density at radius 1 is 1.25 bits per heavy atom. The Hall–Kier alpha value is -1.85. The smallest absolute Gasteiger partial charge is 0.270 e. The van der Waals surface area contributed by atoms with Crippen LogP contribution in [0, 0.1) is 6.92 Å². The van der Waals surface area contributed by atoms with Crippen LogP contribution >= 0.6 is 23.2 Å². The van der Waals surface area contributed by atoms with Gasteiger partial charge in [0.05, 0.1) is 0 Å². The molecule has 0 atom stereocenters. The van der Waals surface area contributed by atoms with Gasteiger partial charge in [0.15, 0.2) is 0 Å². The van der Waals surface area contributed by atoms with Crippen LogP contribution in [0.5, 0.6) is 0 Å². The lowest BCUT2D eigenvalue weighted by atomic mass is 10.1. The molecule has 1 aliphatic rings. The molecule has 5 nitrogen and oxygen atoms in total. The second-order valence-electron chi connectivity index (χ2n) is 5.85. The first-order valence-electron chi connectivity index (χ1n) is 7.85. The maximum Gasteiger partial charge on any atom is 0.270 e. The van der Waals surface area contributed by atoms with Gasteiger partial charge in [-0.15, -0.1) is 0 Å². The largest absolute Gasteiger partial charge is 0.370 e. The number of hydrogen-bond acceptors (Lipinski definition) is 4. The Kier molecular flexibility index (Phi) is 5.21. The summed E-state index contributed by atoms with van der Waals surface area (Å²) in [6.45, 7) is 2.41. The predicted octanol–water partition coefficient (Wildman–Crippen LogP) is 3.64. The number of anilines is 1. The van der Waals surface area contributed by atoms with Crippen molar-refractivity contribution in [2.45, 2.75) is 32.2 Å². The van der Waals surface area contributed by atoms with E-state index in [2.05, 4.69) is 20.6 Å². The maximum atomic E-state index is 12.1. The predicted molar refractivity (Wildman–Crippen MR) is 95.9 cm³/mol. The third kappa shape index (κ3) is 4.58. The first-order valence-corrected chi connectivity index (χ1v) is 8.61. The zero-order chi connectivity index (χ0) is 17.1. The first-order chi connectivity index (χ1) is 11.5. The molecule has 1 aromatic heterocycles. The summed E-state index contributed by atoms with van der Waals surface area (Å²) in [5.41, 5.74) is 1.40. The molecule has 0 saturated heterocycles. The topological polar surface area (TPSA) is 66.9 Å². The summed E-state index contributed by atoms with van der Waals surface area (Å²) in [6.07, 6.45) is 2.81. The minimum atomic E-state index is -0.146. The van der Waals surface area contributed by atoms with E-state index in [1.165, 1.54) is 0 Å². The highest BCUT2D eigenvalue weighted by Crippen LogP contribution is 2.22. The van der Waals surface area contributed by atoms with E-state index < -0.39 is 0 Å². The van der Waals surface area contributed by atoms with E-state index in [1.807, 2.05) is 12.1 Å². The number of benzene rings is 1. The molecular formula is C17H18Cl2N4O. The zero-order valence-corrected chi connectivity index (χ0v) is 14.8. The highest BCUT2D eigenvalue weighted by Gasteiger charge is 2.24. The molecule has 2 aromatic rings. The van der Waals surface area contributed by atoms with E-state index in [1.54, 1.807) is 19.1 Å². The van der Waals surface area contributed by atoms with Crippen LogP contribution < -0.4 is 10.6 Å². The number of rotatable bonds is 6. The summed E-state index contributed by atoms with van der Waals surface area (Å²) in [5.74, 6) is 1.05. The molecule has 0 unspecified atom stereocenters. The molecule has 0 bridgehead atoms. The molecule has 3 rings (SSSR count). The molecule has 2 N–H and O–H groups in total. The molecule has 126 valence electrons. The average Bonchev–Trinajstić information content (AvgIpc) is 3.33. The van der Waals surface area contributed by atoms with E-state index in [-0.39, 0.29) is 5.91 Å². The van der Waals surface area contributed by atoms with E-state index in [0.29, 0.717) is 40.0 Å². The number of halogens is 2. The molecule has 1 aromatic carbocycles. The number of aromatic nitrogens is 2. The van der Waals surface area contributed by atoms with E-state index in [9.17, 15) is 4.79 Å². The van der Waals surface area contributed by atoms with Crippen molar-refractivity contribution < 1.29 is 4.79 Å². The SMILES string of the molecule is Cc1nc(NCCc2ccc(Cl)cc2Cl)cc(C(=O)NC2CC2)n1. The van der Waals surface area contributed by atoms with Crippen molar-refractivity contribution in [1.29, 1.82) is 0 Å². The second-order valence-corrected chi connectivity index (χ2v) is 6.69. The van der Waals surface area contributed by atoms with Crippen molar-refractivity contribution in [2.75, 3.05) is 11.9 Å². The van der Waals surface area contributed by atoms with Gasteiger partial charge in [-0.2, -0.15) is 0 Å². The maximum absolute atomic E-state index is 12.1. The number of nitrogens with zero attached hydrogens (tertiary/aromatic N) is 2. The Morgan fingerprint density at radius 3 is 2.75 bits per heavy atom.